The van der Waals surface area contributed by atoms with Gasteiger partial charge in [0.2, 0.25) is 11.8 Å². The number of hydrogen-bond donors (Lipinski definition) is 2. The van der Waals surface area contributed by atoms with E-state index < -0.39 is 6.04 Å². The maximum atomic E-state index is 12.1. The first-order chi connectivity index (χ1) is 11.8. The Bertz CT molecular complexity index is 592. The Hall–Kier alpha value is -1.88. The standard InChI is InChI=1S/C20H31N3O2/c1-14-9-15(2)12-23(11-14)13-19-8-6-5-7-18(19)10-21-20(25)16(3)22-17(4)24/h5-8,14-16H,9-13H2,1-4H3,(H,21,25)(H,22,24). The molecule has 3 atom stereocenters. The minimum atomic E-state index is -0.520. The first-order valence-electron chi connectivity index (χ1n) is 9.19. The van der Waals surface area contributed by atoms with Gasteiger partial charge in [-0.05, 0) is 36.3 Å². The monoisotopic (exact) mass is 345 g/mol. The summed E-state index contributed by atoms with van der Waals surface area (Å²) in [5.74, 6) is 1.10. The van der Waals surface area contributed by atoms with Crippen molar-refractivity contribution >= 4 is 11.8 Å². The zero-order chi connectivity index (χ0) is 18.4. The number of carbonyl (C=O) groups excluding carboxylic acids is 2. The maximum absolute atomic E-state index is 12.1. The number of rotatable bonds is 6. The highest BCUT2D eigenvalue weighted by atomic mass is 16.2. The van der Waals surface area contributed by atoms with Crippen molar-refractivity contribution in [1.82, 2.24) is 15.5 Å². The van der Waals surface area contributed by atoms with Gasteiger partial charge in [-0.2, -0.15) is 0 Å². The van der Waals surface area contributed by atoms with E-state index in [9.17, 15) is 9.59 Å². The summed E-state index contributed by atoms with van der Waals surface area (Å²) in [4.78, 5) is 25.7. The fourth-order valence-electron chi connectivity index (χ4n) is 3.75. The molecule has 0 radical (unpaired) electrons. The Morgan fingerprint density at radius 2 is 1.76 bits per heavy atom. The summed E-state index contributed by atoms with van der Waals surface area (Å²) in [6, 6.07) is 7.74. The third-order valence-electron chi connectivity index (χ3n) is 4.72. The number of benzene rings is 1. The zero-order valence-corrected chi connectivity index (χ0v) is 15.8. The van der Waals surface area contributed by atoms with Gasteiger partial charge in [0.05, 0.1) is 0 Å². The summed E-state index contributed by atoms with van der Waals surface area (Å²) in [5, 5.41) is 5.54. The number of nitrogens with one attached hydrogen (secondary N) is 2. The van der Waals surface area contributed by atoms with E-state index in [0.29, 0.717) is 6.54 Å². The topological polar surface area (TPSA) is 61.4 Å². The van der Waals surface area contributed by atoms with Gasteiger partial charge in [-0.3, -0.25) is 14.5 Å². The minimum absolute atomic E-state index is 0.162. The number of carbonyl (C=O) groups is 2. The fraction of sp³-hybridized carbons (Fsp3) is 0.600. The van der Waals surface area contributed by atoms with Gasteiger partial charge < -0.3 is 10.6 Å². The first-order valence-corrected chi connectivity index (χ1v) is 9.19. The van der Waals surface area contributed by atoms with Crippen molar-refractivity contribution in [2.24, 2.45) is 11.8 Å². The molecule has 5 heteroatoms. The van der Waals surface area contributed by atoms with Crippen LogP contribution in [0.5, 0.6) is 0 Å². The number of amides is 2. The van der Waals surface area contributed by atoms with Crippen LogP contribution in [0.4, 0.5) is 0 Å². The SMILES string of the molecule is CC(=O)NC(C)C(=O)NCc1ccccc1CN1CC(C)CC(C)C1. The van der Waals surface area contributed by atoms with Crippen molar-refractivity contribution in [3.8, 4) is 0 Å². The quantitative estimate of drug-likeness (QED) is 0.832. The van der Waals surface area contributed by atoms with E-state index in [4.69, 9.17) is 0 Å². The van der Waals surface area contributed by atoms with Gasteiger partial charge in [0.25, 0.3) is 0 Å². The molecule has 1 saturated heterocycles. The van der Waals surface area contributed by atoms with Crippen LogP contribution >= 0.6 is 0 Å². The number of likely N-dealkylation sites (tertiary alicyclic amines) is 1. The molecule has 5 nitrogen and oxygen atoms in total. The number of hydrogen-bond acceptors (Lipinski definition) is 3. The highest BCUT2D eigenvalue weighted by Crippen LogP contribution is 2.23. The van der Waals surface area contributed by atoms with Crippen LogP contribution in [0.25, 0.3) is 0 Å². The molecule has 138 valence electrons. The van der Waals surface area contributed by atoms with Crippen molar-refractivity contribution in [3.05, 3.63) is 35.4 Å². The highest BCUT2D eigenvalue weighted by Gasteiger charge is 2.22. The Balaban J connectivity index is 1.96. The van der Waals surface area contributed by atoms with Crippen LogP contribution in [-0.2, 0) is 22.7 Å². The van der Waals surface area contributed by atoms with Gasteiger partial charge >= 0.3 is 0 Å². The molecule has 1 fully saturated rings. The van der Waals surface area contributed by atoms with Crippen molar-refractivity contribution < 1.29 is 9.59 Å². The lowest BCUT2D eigenvalue weighted by Gasteiger charge is -2.35. The summed E-state index contributed by atoms with van der Waals surface area (Å²) in [5.41, 5.74) is 2.40. The summed E-state index contributed by atoms with van der Waals surface area (Å²) in [6.45, 7) is 11.4. The average Bonchev–Trinajstić information content (AvgIpc) is 2.52. The summed E-state index contributed by atoms with van der Waals surface area (Å²) < 4.78 is 0. The summed E-state index contributed by atoms with van der Waals surface area (Å²) in [6.07, 6.45) is 1.30. The van der Waals surface area contributed by atoms with Gasteiger partial charge in [0.1, 0.15) is 6.04 Å². The second-order valence-electron chi connectivity index (χ2n) is 7.55. The van der Waals surface area contributed by atoms with Crippen LogP contribution in [-0.4, -0.2) is 35.8 Å². The molecule has 0 spiro atoms. The predicted octanol–water partition coefficient (Wildman–Crippen LogP) is 2.31. The van der Waals surface area contributed by atoms with E-state index in [2.05, 4.69) is 47.6 Å². The highest BCUT2D eigenvalue weighted by molar-refractivity contribution is 5.86. The molecule has 0 bridgehead atoms. The lowest BCUT2D eigenvalue weighted by Crippen LogP contribution is -2.43. The Morgan fingerprint density at radius 3 is 2.36 bits per heavy atom. The second-order valence-corrected chi connectivity index (χ2v) is 7.55. The van der Waals surface area contributed by atoms with Crippen LogP contribution in [0, 0.1) is 11.8 Å². The molecule has 1 aromatic carbocycles. The molecule has 2 amide bonds. The van der Waals surface area contributed by atoms with Crippen LogP contribution in [0.3, 0.4) is 0 Å². The summed E-state index contributed by atoms with van der Waals surface area (Å²) in [7, 11) is 0. The van der Waals surface area contributed by atoms with Crippen molar-refractivity contribution in [1.29, 1.82) is 0 Å². The molecule has 0 aromatic heterocycles. The van der Waals surface area contributed by atoms with Crippen LogP contribution in [0.1, 0.15) is 45.2 Å². The van der Waals surface area contributed by atoms with E-state index in [1.807, 2.05) is 6.07 Å². The van der Waals surface area contributed by atoms with E-state index in [0.717, 1.165) is 37.0 Å². The van der Waals surface area contributed by atoms with Crippen molar-refractivity contribution in [3.63, 3.8) is 0 Å². The molecule has 3 unspecified atom stereocenters. The van der Waals surface area contributed by atoms with Crippen molar-refractivity contribution in [2.75, 3.05) is 13.1 Å². The molecule has 0 aliphatic carbocycles. The van der Waals surface area contributed by atoms with Crippen molar-refractivity contribution in [2.45, 2.75) is 53.2 Å². The Labute approximate surface area is 151 Å². The largest absolute Gasteiger partial charge is 0.350 e. The fourth-order valence-corrected chi connectivity index (χ4v) is 3.75. The summed E-state index contributed by atoms with van der Waals surface area (Å²) >= 11 is 0. The average molecular weight is 345 g/mol. The van der Waals surface area contributed by atoms with Crippen LogP contribution in [0.2, 0.25) is 0 Å². The number of piperidine rings is 1. The van der Waals surface area contributed by atoms with Gasteiger partial charge in [-0.1, -0.05) is 38.1 Å². The molecular weight excluding hydrogens is 314 g/mol. The zero-order valence-electron chi connectivity index (χ0n) is 15.8. The predicted molar refractivity (Wildman–Crippen MR) is 99.8 cm³/mol. The van der Waals surface area contributed by atoms with Gasteiger partial charge in [0, 0.05) is 33.1 Å². The molecule has 25 heavy (non-hydrogen) atoms. The Kier molecular flexibility index (Phi) is 7.00. The van der Waals surface area contributed by atoms with Crippen LogP contribution < -0.4 is 10.6 Å². The number of nitrogens with zero attached hydrogens (tertiary/aromatic N) is 1. The molecule has 1 aromatic rings. The van der Waals surface area contributed by atoms with Gasteiger partial charge in [-0.15, -0.1) is 0 Å². The molecule has 0 saturated carbocycles. The first kappa shape index (κ1) is 19.4. The van der Waals surface area contributed by atoms with Gasteiger partial charge in [-0.25, -0.2) is 0 Å². The minimum Gasteiger partial charge on any atom is -0.350 e. The molecule has 2 N–H and O–H groups in total. The maximum Gasteiger partial charge on any atom is 0.242 e. The molecule has 2 rings (SSSR count). The molecule has 1 aliphatic heterocycles. The third kappa shape index (κ3) is 6.16. The normalized spacial score (nSPS) is 22.2. The molecule has 1 aliphatic rings. The third-order valence-corrected chi connectivity index (χ3v) is 4.72. The van der Waals surface area contributed by atoms with E-state index in [1.165, 1.54) is 18.9 Å². The smallest absolute Gasteiger partial charge is 0.242 e. The van der Waals surface area contributed by atoms with E-state index in [1.54, 1.807) is 6.92 Å². The Morgan fingerprint density at radius 1 is 1.16 bits per heavy atom. The second kappa shape index (κ2) is 8.99. The lowest BCUT2D eigenvalue weighted by molar-refractivity contribution is -0.127. The van der Waals surface area contributed by atoms with Gasteiger partial charge in [0.15, 0.2) is 0 Å². The van der Waals surface area contributed by atoms with Crippen LogP contribution in [0.15, 0.2) is 24.3 Å². The molecular formula is C20H31N3O2. The van der Waals surface area contributed by atoms with E-state index >= 15 is 0 Å². The van der Waals surface area contributed by atoms with E-state index in [-0.39, 0.29) is 11.8 Å². The molecule has 1 heterocycles. The lowest BCUT2D eigenvalue weighted by atomic mass is 9.91.